The van der Waals surface area contributed by atoms with E-state index in [2.05, 4.69) is 5.32 Å². The van der Waals surface area contributed by atoms with Crippen molar-refractivity contribution in [3.63, 3.8) is 0 Å². The molecule has 0 heterocycles. The molecule has 2 rings (SSSR count). The van der Waals surface area contributed by atoms with Crippen molar-refractivity contribution in [1.82, 2.24) is 5.32 Å². The highest BCUT2D eigenvalue weighted by Gasteiger charge is 2.42. The molecule has 0 aliphatic heterocycles. The summed E-state index contributed by atoms with van der Waals surface area (Å²) in [5.74, 6) is 0.583. The summed E-state index contributed by atoms with van der Waals surface area (Å²) < 4.78 is 5.56. The van der Waals surface area contributed by atoms with Gasteiger partial charge >= 0.3 is 0 Å². The molecule has 19 heavy (non-hydrogen) atoms. The van der Waals surface area contributed by atoms with Crippen molar-refractivity contribution in [3.05, 3.63) is 29.8 Å². The smallest absolute Gasteiger partial charge is 0.251 e. The molecule has 4 heteroatoms. The van der Waals surface area contributed by atoms with Gasteiger partial charge in [-0.2, -0.15) is 0 Å². The lowest BCUT2D eigenvalue weighted by Gasteiger charge is -2.14. The van der Waals surface area contributed by atoms with Crippen LogP contribution in [0.15, 0.2) is 24.3 Å². The molecule has 1 aromatic rings. The molecule has 0 spiro atoms. The van der Waals surface area contributed by atoms with Crippen LogP contribution in [0.3, 0.4) is 0 Å². The molecule has 0 unspecified atom stereocenters. The number of carbonyl (C=O) groups is 1. The fourth-order valence-electron chi connectivity index (χ4n) is 1.92. The van der Waals surface area contributed by atoms with Crippen LogP contribution in [0.5, 0.6) is 5.75 Å². The third-order valence-electron chi connectivity index (χ3n) is 3.38. The van der Waals surface area contributed by atoms with Gasteiger partial charge in [-0.05, 0) is 44.9 Å². The molecule has 0 saturated heterocycles. The van der Waals surface area contributed by atoms with E-state index >= 15 is 0 Å². The first-order chi connectivity index (χ1) is 9.04. The average molecular weight is 263 g/mol. The highest BCUT2D eigenvalue weighted by molar-refractivity contribution is 5.94. The Bertz CT molecular complexity index is 452. The number of carbonyl (C=O) groups excluding carboxylic acids is 1. The van der Waals surface area contributed by atoms with E-state index in [0.29, 0.717) is 17.9 Å². The van der Waals surface area contributed by atoms with Crippen molar-refractivity contribution in [1.29, 1.82) is 0 Å². The number of hydrogen-bond acceptors (Lipinski definition) is 3. The Labute approximate surface area is 113 Å². The number of benzene rings is 1. The van der Waals surface area contributed by atoms with E-state index in [1.165, 1.54) is 0 Å². The van der Waals surface area contributed by atoms with Crippen molar-refractivity contribution < 1.29 is 14.6 Å². The highest BCUT2D eigenvalue weighted by Crippen LogP contribution is 2.44. The minimum Gasteiger partial charge on any atom is -0.491 e. The zero-order chi connectivity index (χ0) is 13.9. The van der Waals surface area contributed by atoms with Gasteiger partial charge in [0, 0.05) is 17.5 Å². The lowest BCUT2D eigenvalue weighted by Crippen LogP contribution is -2.31. The van der Waals surface area contributed by atoms with Crippen molar-refractivity contribution in [2.24, 2.45) is 5.41 Å². The summed E-state index contributed by atoms with van der Waals surface area (Å²) in [4.78, 5) is 12.0. The molecule has 2 N–H and O–H groups in total. The minimum absolute atomic E-state index is 0.0678. The summed E-state index contributed by atoms with van der Waals surface area (Å²) in [6.45, 7) is 4.58. The topological polar surface area (TPSA) is 58.6 Å². The van der Waals surface area contributed by atoms with Crippen LogP contribution in [-0.4, -0.2) is 30.3 Å². The second-order valence-electron chi connectivity index (χ2n) is 5.54. The van der Waals surface area contributed by atoms with E-state index in [1.54, 1.807) is 12.1 Å². The van der Waals surface area contributed by atoms with Crippen LogP contribution in [0.1, 0.15) is 37.0 Å². The van der Waals surface area contributed by atoms with E-state index in [0.717, 1.165) is 12.8 Å². The Morgan fingerprint density at radius 2 is 2.21 bits per heavy atom. The van der Waals surface area contributed by atoms with Gasteiger partial charge in [0.15, 0.2) is 0 Å². The van der Waals surface area contributed by atoms with Crippen LogP contribution < -0.4 is 10.1 Å². The van der Waals surface area contributed by atoms with Crippen molar-refractivity contribution in [2.75, 3.05) is 13.2 Å². The Balaban J connectivity index is 1.95. The summed E-state index contributed by atoms with van der Waals surface area (Å²) in [6, 6.07) is 7.16. The molecule has 0 atom stereocenters. The van der Waals surface area contributed by atoms with Gasteiger partial charge in [0.05, 0.1) is 12.7 Å². The van der Waals surface area contributed by atoms with Gasteiger partial charge in [-0.3, -0.25) is 4.79 Å². The van der Waals surface area contributed by atoms with Crippen LogP contribution in [0.4, 0.5) is 0 Å². The number of ether oxygens (including phenoxy) is 1. The van der Waals surface area contributed by atoms with Crippen molar-refractivity contribution >= 4 is 5.91 Å². The predicted octanol–water partition coefficient (Wildman–Crippen LogP) is 1.98. The predicted molar refractivity (Wildman–Crippen MR) is 73.3 cm³/mol. The zero-order valence-electron chi connectivity index (χ0n) is 11.5. The first-order valence-corrected chi connectivity index (χ1v) is 6.70. The van der Waals surface area contributed by atoms with Crippen LogP contribution in [0.25, 0.3) is 0 Å². The number of aliphatic hydroxyl groups is 1. The summed E-state index contributed by atoms with van der Waals surface area (Å²) in [6.07, 6.45) is 2.06. The fraction of sp³-hybridized carbons (Fsp3) is 0.533. The summed E-state index contributed by atoms with van der Waals surface area (Å²) in [7, 11) is 0. The summed E-state index contributed by atoms with van der Waals surface area (Å²) >= 11 is 0. The van der Waals surface area contributed by atoms with Gasteiger partial charge in [0.2, 0.25) is 0 Å². The largest absolute Gasteiger partial charge is 0.491 e. The molecule has 4 nitrogen and oxygen atoms in total. The van der Waals surface area contributed by atoms with Crippen LogP contribution in [0, 0.1) is 5.41 Å². The molecule has 0 radical (unpaired) electrons. The van der Waals surface area contributed by atoms with Crippen molar-refractivity contribution in [3.8, 4) is 5.75 Å². The number of amides is 1. The number of aliphatic hydroxyl groups excluding tert-OH is 1. The van der Waals surface area contributed by atoms with E-state index < -0.39 is 0 Å². The highest BCUT2D eigenvalue weighted by atomic mass is 16.5. The van der Waals surface area contributed by atoms with Crippen LogP contribution in [-0.2, 0) is 0 Å². The molecule has 1 amide bonds. The third-order valence-corrected chi connectivity index (χ3v) is 3.38. The first kappa shape index (κ1) is 13.9. The van der Waals surface area contributed by atoms with E-state index in [-0.39, 0.29) is 24.0 Å². The van der Waals surface area contributed by atoms with Crippen LogP contribution in [0.2, 0.25) is 0 Å². The number of nitrogens with one attached hydrogen (secondary N) is 1. The fourth-order valence-corrected chi connectivity index (χ4v) is 1.92. The second kappa shape index (κ2) is 5.61. The zero-order valence-corrected chi connectivity index (χ0v) is 11.5. The Morgan fingerprint density at radius 1 is 1.47 bits per heavy atom. The van der Waals surface area contributed by atoms with Gasteiger partial charge in [0.1, 0.15) is 5.75 Å². The first-order valence-electron chi connectivity index (χ1n) is 6.70. The van der Waals surface area contributed by atoms with E-state index in [9.17, 15) is 9.90 Å². The molecule has 1 fully saturated rings. The lowest BCUT2D eigenvalue weighted by atomic mass is 10.1. The molecule has 1 aliphatic rings. The van der Waals surface area contributed by atoms with Gasteiger partial charge in [0.25, 0.3) is 5.91 Å². The SMILES string of the molecule is CC(C)Oc1cccc(C(=O)NCC2(CO)CC2)c1. The molecule has 1 aliphatic carbocycles. The molecule has 1 saturated carbocycles. The molecule has 1 aromatic carbocycles. The molecule has 104 valence electrons. The van der Waals surface area contributed by atoms with Gasteiger partial charge in [-0.25, -0.2) is 0 Å². The summed E-state index contributed by atoms with van der Waals surface area (Å²) in [5, 5.41) is 12.1. The van der Waals surface area contributed by atoms with Gasteiger partial charge < -0.3 is 15.2 Å². The minimum atomic E-state index is -0.117. The Kier molecular flexibility index (Phi) is 4.10. The quantitative estimate of drug-likeness (QED) is 0.825. The standard InChI is InChI=1S/C15H21NO3/c1-11(2)19-13-5-3-4-12(8-13)14(18)16-9-15(10-17)6-7-15/h3-5,8,11,17H,6-7,9-10H2,1-2H3,(H,16,18). The lowest BCUT2D eigenvalue weighted by molar-refractivity contribution is 0.0934. The maximum Gasteiger partial charge on any atom is 0.251 e. The normalized spacial score (nSPS) is 16.2. The molecular formula is C15H21NO3. The maximum absolute atomic E-state index is 12.0. The van der Waals surface area contributed by atoms with Crippen LogP contribution >= 0.6 is 0 Å². The summed E-state index contributed by atoms with van der Waals surface area (Å²) in [5.41, 5.74) is 0.522. The Morgan fingerprint density at radius 3 is 2.79 bits per heavy atom. The maximum atomic E-state index is 12.0. The van der Waals surface area contributed by atoms with E-state index in [1.807, 2.05) is 26.0 Å². The van der Waals surface area contributed by atoms with Crippen molar-refractivity contribution in [2.45, 2.75) is 32.8 Å². The second-order valence-corrected chi connectivity index (χ2v) is 5.54. The molecular weight excluding hydrogens is 242 g/mol. The van der Waals surface area contributed by atoms with E-state index in [4.69, 9.17) is 4.74 Å². The Hall–Kier alpha value is -1.55. The van der Waals surface area contributed by atoms with Gasteiger partial charge in [-0.15, -0.1) is 0 Å². The average Bonchev–Trinajstić information content (AvgIpc) is 3.16. The third kappa shape index (κ3) is 3.70. The monoisotopic (exact) mass is 263 g/mol. The number of rotatable bonds is 6. The van der Waals surface area contributed by atoms with Gasteiger partial charge in [-0.1, -0.05) is 6.07 Å². The number of hydrogen-bond donors (Lipinski definition) is 2. The molecule has 0 aromatic heterocycles. The molecule has 0 bridgehead atoms.